The van der Waals surface area contributed by atoms with Gasteiger partial charge >= 0.3 is 0 Å². The van der Waals surface area contributed by atoms with Crippen molar-refractivity contribution in [3.63, 3.8) is 0 Å². The van der Waals surface area contributed by atoms with Crippen LogP contribution in [0.1, 0.15) is 5.56 Å². The number of halogens is 2. The van der Waals surface area contributed by atoms with Gasteiger partial charge < -0.3 is 10.1 Å². The first kappa shape index (κ1) is 19.3. The van der Waals surface area contributed by atoms with E-state index in [9.17, 15) is 9.18 Å². The highest BCUT2D eigenvalue weighted by molar-refractivity contribution is 6.32. The molecule has 0 saturated heterocycles. The SMILES string of the molecule is N=C(NC(=N)c1cccc2ccccc12)NC(=O)COc1ccc(F)cc1Cl. The third-order valence-corrected chi connectivity index (χ3v) is 4.12. The van der Waals surface area contributed by atoms with Gasteiger partial charge in [-0.15, -0.1) is 0 Å². The molecule has 0 saturated carbocycles. The Bertz CT molecular complexity index is 1070. The van der Waals surface area contributed by atoms with Crippen molar-refractivity contribution >= 4 is 40.1 Å². The number of amides is 1. The zero-order valence-electron chi connectivity index (χ0n) is 14.6. The minimum Gasteiger partial charge on any atom is -0.482 e. The summed E-state index contributed by atoms with van der Waals surface area (Å²) in [6.45, 7) is -0.420. The predicted molar refractivity (Wildman–Crippen MR) is 107 cm³/mol. The quantitative estimate of drug-likeness (QED) is 0.398. The summed E-state index contributed by atoms with van der Waals surface area (Å²) in [7, 11) is 0. The molecule has 0 spiro atoms. The van der Waals surface area contributed by atoms with Gasteiger partial charge in [0.2, 0.25) is 5.96 Å². The van der Waals surface area contributed by atoms with Crippen molar-refractivity contribution in [2.24, 2.45) is 0 Å². The molecule has 1 amide bonds. The van der Waals surface area contributed by atoms with E-state index in [-0.39, 0.29) is 22.6 Å². The Hall–Kier alpha value is -3.45. The van der Waals surface area contributed by atoms with Crippen molar-refractivity contribution in [3.8, 4) is 5.75 Å². The maximum atomic E-state index is 13.0. The van der Waals surface area contributed by atoms with Crippen LogP contribution in [0.3, 0.4) is 0 Å². The third kappa shape index (κ3) is 4.63. The number of fused-ring (bicyclic) bond motifs is 1. The molecule has 0 aliphatic heterocycles. The molecule has 0 aromatic heterocycles. The third-order valence-electron chi connectivity index (χ3n) is 3.83. The molecule has 6 nitrogen and oxygen atoms in total. The number of hydrogen-bond donors (Lipinski definition) is 4. The average Bonchev–Trinajstić information content (AvgIpc) is 2.66. The second kappa shape index (κ2) is 8.49. The second-order valence-corrected chi connectivity index (χ2v) is 6.22. The van der Waals surface area contributed by atoms with Crippen LogP contribution in [0.5, 0.6) is 5.75 Å². The molecule has 3 rings (SSSR count). The van der Waals surface area contributed by atoms with Crippen LogP contribution in [0, 0.1) is 16.6 Å². The Kier molecular flexibility index (Phi) is 5.86. The lowest BCUT2D eigenvalue weighted by Gasteiger charge is -2.13. The summed E-state index contributed by atoms with van der Waals surface area (Å²) in [6.07, 6.45) is 0. The Morgan fingerprint density at radius 1 is 1.04 bits per heavy atom. The maximum Gasteiger partial charge on any atom is 0.264 e. The van der Waals surface area contributed by atoms with Crippen molar-refractivity contribution in [1.82, 2.24) is 10.6 Å². The molecule has 3 aromatic carbocycles. The minimum absolute atomic E-state index is 0.0235. The summed E-state index contributed by atoms with van der Waals surface area (Å²) < 4.78 is 18.2. The first-order chi connectivity index (χ1) is 13.4. The summed E-state index contributed by atoms with van der Waals surface area (Å²) in [5, 5.41) is 22.7. The van der Waals surface area contributed by atoms with Gasteiger partial charge in [0.1, 0.15) is 17.4 Å². The summed E-state index contributed by atoms with van der Waals surface area (Å²) in [6, 6.07) is 16.6. The minimum atomic E-state index is -0.622. The average molecular weight is 399 g/mol. The van der Waals surface area contributed by atoms with Crippen LogP contribution in [0.25, 0.3) is 10.8 Å². The molecule has 8 heteroatoms. The van der Waals surface area contributed by atoms with Gasteiger partial charge in [-0.2, -0.15) is 0 Å². The van der Waals surface area contributed by atoms with Crippen LogP contribution in [-0.4, -0.2) is 24.3 Å². The van der Waals surface area contributed by atoms with Crippen LogP contribution >= 0.6 is 11.6 Å². The lowest BCUT2D eigenvalue weighted by Crippen LogP contribution is -2.44. The molecule has 0 radical (unpaired) electrons. The van der Waals surface area contributed by atoms with Gasteiger partial charge in [-0.3, -0.25) is 20.9 Å². The van der Waals surface area contributed by atoms with Crippen molar-refractivity contribution in [2.45, 2.75) is 0 Å². The van der Waals surface area contributed by atoms with Crippen molar-refractivity contribution in [1.29, 1.82) is 10.8 Å². The fourth-order valence-electron chi connectivity index (χ4n) is 2.58. The van der Waals surface area contributed by atoms with Crippen LogP contribution in [0.2, 0.25) is 5.02 Å². The Balaban J connectivity index is 1.57. The molecular weight excluding hydrogens is 383 g/mol. The molecule has 142 valence electrons. The zero-order chi connectivity index (χ0) is 20.1. The van der Waals surface area contributed by atoms with Gasteiger partial charge in [-0.25, -0.2) is 4.39 Å². The molecule has 3 aromatic rings. The van der Waals surface area contributed by atoms with Crippen molar-refractivity contribution < 1.29 is 13.9 Å². The normalized spacial score (nSPS) is 10.4. The molecule has 0 aliphatic carbocycles. The van der Waals surface area contributed by atoms with Gasteiger partial charge in [0, 0.05) is 5.56 Å². The smallest absolute Gasteiger partial charge is 0.264 e. The lowest BCUT2D eigenvalue weighted by atomic mass is 10.0. The first-order valence-electron chi connectivity index (χ1n) is 8.24. The number of ether oxygens (including phenoxy) is 1. The number of hydrogen-bond acceptors (Lipinski definition) is 4. The van der Waals surface area contributed by atoms with E-state index >= 15 is 0 Å². The number of benzene rings is 3. The number of carbonyl (C=O) groups is 1. The summed E-state index contributed by atoms with van der Waals surface area (Å²) in [5.74, 6) is -1.37. The van der Waals surface area contributed by atoms with E-state index in [1.807, 2.05) is 36.4 Å². The van der Waals surface area contributed by atoms with E-state index in [0.29, 0.717) is 5.56 Å². The maximum absolute atomic E-state index is 13.0. The Morgan fingerprint density at radius 2 is 1.79 bits per heavy atom. The predicted octanol–water partition coefficient (Wildman–Crippen LogP) is 3.68. The summed E-state index contributed by atoms with van der Waals surface area (Å²) in [4.78, 5) is 11.9. The van der Waals surface area contributed by atoms with E-state index in [1.165, 1.54) is 6.07 Å². The van der Waals surface area contributed by atoms with E-state index in [0.717, 1.165) is 22.9 Å². The van der Waals surface area contributed by atoms with Crippen molar-refractivity contribution in [3.05, 3.63) is 77.1 Å². The summed E-state index contributed by atoms with van der Waals surface area (Å²) >= 11 is 5.82. The monoisotopic (exact) mass is 398 g/mol. The number of nitrogens with one attached hydrogen (secondary N) is 4. The van der Waals surface area contributed by atoms with Gasteiger partial charge in [0.05, 0.1) is 5.02 Å². The van der Waals surface area contributed by atoms with Gasteiger partial charge in [-0.05, 0) is 29.0 Å². The van der Waals surface area contributed by atoms with Gasteiger partial charge in [0.15, 0.2) is 6.61 Å². The number of guanidine groups is 1. The van der Waals surface area contributed by atoms with Crippen LogP contribution in [0.15, 0.2) is 60.7 Å². The molecule has 0 bridgehead atoms. The van der Waals surface area contributed by atoms with Crippen LogP contribution in [0.4, 0.5) is 4.39 Å². The Labute approximate surface area is 165 Å². The molecule has 0 aliphatic rings. The van der Waals surface area contributed by atoms with E-state index < -0.39 is 18.3 Å². The Morgan fingerprint density at radius 3 is 2.57 bits per heavy atom. The van der Waals surface area contributed by atoms with E-state index in [2.05, 4.69) is 10.6 Å². The molecule has 0 atom stereocenters. The number of rotatable bonds is 4. The van der Waals surface area contributed by atoms with E-state index in [1.54, 1.807) is 6.07 Å². The highest BCUT2D eigenvalue weighted by atomic mass is 35.5. The number of amidine groups is 1. The van der Waals surface area contributed by atoms with E-state index in [4.69, 9.17) is 27.2 Å². The zero-order valence-corrected chi connectivity index (χ0v) is 15.3. The number of carbonyl (C=O) groups excluding carboxylic acids is 1. The first-order valence-corrected chi connectivity index (χ1v) is 8.62. The molecular formula is C20H16ClFN4O2. The molecule has 0 unspecified atom stereocenters. The molecule has 28 heavy (non-hydrogen) atoms. The molecule has 4 N–H and O–H groups in total. The summed E-state index contributed by atoms with van der Waals surface area (Å²) in [5.41, 5.74) is 0.603. The highest BCUT2D eigenvalue weighted by Gasteiger charge is 2.11. The van der Waals surface area contributed by atoms with Crippen molar-refractivity contribution in [2.75, 3.05) is 6.61 Å². The standard InChI is InChI=1S/C20H16ClFN4O2/c21-16-10-13(22)8-9-17(16)28-11-18(27)25-20(24)26-19(23)15-7-3-5-12-4-1-2-6-14(12)15/h1-10H,11H2,(H4,23,24,25,26,27). The fourth-order valence-corrected chi connectivity index (χ4v) is 2.80. The van der Waals surface area contributed by atoms with Gasteiger partial charge in [-0.1, -0.05) is 54.1 Å². The lowest BCUT2D eigenvalue weighted by molar-refractivity contribution is -0.121. The molecule has 0 fully saturated rings. The van der Waals surface area contributed by atoms with Gasteiger partial charge in [0.25, 0.3) is 5.91 Å². The largest absolute Gasteiger partial charge is 0.482 e. The topological polar surface area (TPSA) is 98.1 Å². The molecule has 0 heterocycles. The highest BCUT2D eigenvalue weighted by Crippen LogP contribution is 2.24. The van der Waals surface area contributed by atoms with Crippen LogP contribution < -0.4 is 15.4 Å². The second-order valence-electron chi connectivity index (χ2n) is 5.81. The van der Waals surface area contributed by atoms with Crippen LogP contribution in [-0.2, 0) is 4.79 Å². The fraction of sp³-hybridized carbons (Fsp3) is 0.0500.